The van der Waals surface area contributed by atoms with E-state index in [-0.39, 0.29) is 5.54 Å². The first kappa shape index (κ1) is 15.0. The Morgan fingerprint density at radius 1 is 1.39 bits per heavy atom. The van der Waals surface area contributed by atoms with Gasteiger partial charge in [-0.1, -0.05) is 13.8 Å². The molecule has 0 aliphatic heterocycles. The standard InChI is InChI=1S/C14H26N2O2/c1-11(2)7-6-8-17-13-16-12(10-18-13)9-15-14(3,4)5/h10-11,15H,6-9H2,1-5H3. The Kier molecular flexibility index (Phi) is 5.66. The van der Waals surface area contributed by atoms with Gasteiger partial charge in [0.05, 0.1) is 12.3 Å². The zero-order valence-electron chi connectivity index (χ0n) is 12.2. The van der Waals surface area contributed by atoms with Crippen LogP contribution in [0.5, 0.6) is 6.08 Å². The van der Waals surface area contributed by atoms with Gasteiger partial charge in [0.2, 0.25) is 0 Å². The van der Waals surface area contributed by atoms with Gasteiger partial charge >= 0.3 is 6.08 Å². The molecule has 18 heavy (non-hydrogen) atoms. The molecule has 1 heterocycles. The Morgan fingerprint density at radius 3 is 2.72 bits per heavy atom. The van der Waals surface area contributed by atoms with Gasteiger partial charge in [-0.15, -0.1) is 0 Å². The molecular formula is C14H26N2O2. The minimum absolute atomic E-state index is 0.0806. The molecule has 1 aromatic rings. The summed E-state index contributed by atoms with van der Waals surface area (Å²) in [6.45, 7) is 12.2. The van der Waals surface area contributed by atoms with E-state index in [2.05, 4.69) is 44.9 Å². The van der Waals surface area contributed by atoms with Crippen molar-refractivity contribution in [2.75, 3.05) is 6.61 Å². The maximum atomic E-state index is 5.46. The van der Waals surface area contributed by atoms with Crippen LogP contribution in [0.15, 0.2) is 10.7 Å². The van der Waals surface area contributed by atoms with E-state index in [1.165, 1.54) is 6.42 Å². The summed E-state index contributed by atoms with van der Waals surface area (Å²) >= 11 is 0. The fraction of sp³-hybridized carbons (Fsp3) is 0.786. The fourth-order valence-electron chi connectivity index (χ4n) is 1.44. The topological polar surface area (TPSA) is 47.3 Å². The largest absolute Gasteiger partial charge is 0.450 e. The van der Waals surface area contributed by atoms with Crippen molar-refractivity contribution in [3.8, 4) is 6.08 Å². The van der Waals surface area contributed by atoms with Crippen LogP contribution in [0.1, 0.15) is 53.2 Å². The lowest BCUT2D eigenvalue weighted by Gasteiger charge is -2.19. The first-order chi connectivity index (χ1) is 8.37. The first-order valence-corrected chi connectivity index (χ1v) is 6.69. The summed E-state index contributed by atoms with van der Waals surface area (Å²) < 4.78 is 10.7. The van der Waals surface area contributed by atoms with Gasteiger partial charge in [-0.2, -0.15) is 4.98 Å². The Labute approximate surface area is 110 Å². The number of ether oxygens (including phenoxy) is 1. The number of hydrogen-bond acceptors (Lipinski definition) is 4. The Hall–Kier alpha value is -1.03. The summed E-state index contributed by atoms with van der Waals surface area (Å²) in [5.74, 6) is 0.713. The molecule has 4 nitrogen and oxygen atoms in total. The molecular weight excluding hydrogens is 228 g/mol. The monoisotopic (exact) mass is 254 g/mol. The van der Waals surface area contributed by atoms with Gasteiger partial charge in [0, 0.05) is 12.1 Å². The lowest BCUT2D eigenvalue weighted by Crippen LogP contribution is -2.35. The van der Waals surface area contributed by atoms with Crippen LogP contribution in [-0.4, -0.2) is 17.1 Å². The average Bonchev–Trinajstić information content (AvgIpc) is 2.68. The van der Waals surface area contributed by atoms with E-state index in [4.69, 9.17) is 9.15 Å². The Bertz CT molecular complexity index is 340. The third kappa shape index (κ3) is 6.64. The number of nitrogens with one attached hydrogen (secondary N) is 1. The van der Waals surface area contributed by atoms with Crippen molar-refractivity contribution in [2.24, 2.45) is 5.92 Å². The van der Waals surface area contributed by atoms with Crippen LogP contribution in [0.25, 0.3) is 0 Å². The predicted octanol–water partition coefficient (Wildman–Crippen LogP) is 3.38. The molecule has 1 aromatic heterocycles. The molecule has 104 valence electrons. The van der Waals surface area contributed by atoms with Gasteiger partial charge in [-0.3, -0.25) is 0 Å². The number of aromatic nitrogens is 1. The van der Waals surface area contributed by atoms with Gasteiger partial charge < -0.3 is 14.5 Å². The molecule has 4 heteroatoms. The van der Waals surface area contributed by atoms with Crippen LogP contribution in [-0.2, 0) is 6.54 Å². The Morgan fingerprint density at radius 2 is 2.11 bits per heavy atom. The molecule has 1 N–H and O–H groups in total. The van der Waals surface area contributed by atoms with Gasteiger partial charge in [-0.05, 0) is 39.5 Å². The quantitative estimate of drug-likeness (QED) is 0.758. The third-order valence-electron chi connectivity index (χ3n) is 2.48. The van der Waals surface area contributed by atoms with Crippen LogP contribution >= 0.6 is 0 Å². The van der Waals surface area contributed by atoms with Crippen LogP contribution in [0.3, 0.4) is 0 Å². The summed E-state index contributed by atoms with van der Waals surface area (Å²) in [6.07, 6.45) is 4.23. The van der Waals surface area contributed by atoms with Gasteiger partial charge in [-0.25, -0.2) is 0 Å². The highest BCUT2D eigenvalue weighted by Gasteiger charge is 2.11. The van der Waals surface area contributed by atoms with Crippen molar-refractivity contribution in [3.05, 3.63) is 12.0 Å². The minimum Gasteiger partial charge on any atom is -0.450 e. The highest BCUT2D eigenvalue weighted by Crippen LogP contribution is 2.12. The third-order valence-corrected chi connectivity index (χ3v) is 2.48. The van der Waals surface area contributed by atoms with Crippen LogP contribution in [0.2, 0.25) is 0 Å². The highest BCUT2D eigenvalue weighted by molar-refractivity contribution is 5.00. The minimum atomic E-state index is 0.0806. The second kappa shape index (κ2) is 6.78. The molecule has 0 bridgehead atoms. The van der Waals surface area contributed by atoms with Gasteiger partial charge in [0.1, 0.15) is 6.26 Å². The molecule has 0 atom stereocenters. The molecule has 0 radical (unpaired) electrons. The molecule has 0 saturated heterocycles. The molecule has 1 rings (SSSR count). The summed E-state index contributed by atoms with van der Waals surface area (Å²) in [5, 5.41) is 3.36. The van der Waals surface area contributed by atoms with Gasteiger partial charge in [0.25, 0.3) is 0 Å². The fourth-order valence-corrected chi connectivity index (χ4v) is 1.44. The number of oxazole rings is 1. The van der Waals surface area contributed by atoms with Crippen molar-refractivity contribution in [1.29, 1.82) is 0 Å². The molecule has 0 fully saturated rings. The first-order valence-electron chi connectivity index (χ1n) is 6.69. The number of nitrogens with zero attached hydrogens (tertiary/aromatic N) is 1. The van der Waals surface area contributed by atoms with E-state index in [1.54, 1.807) is 6.26 Å². The van der Waals surface area contributed by atoms with Crippen molar-refractivity contribution in [1.82, 2.24) is 10.3 Å². The lowest BCUT2D eigenvalue weighted by molar-refractivity contribution is 0.221. The van der Waals surface area contributed by atoms with Crippen molar-refractivity contribution in [2.45, 2.75) is 59.5 Å². The summed E-state index contributed by atoms with van der Waals surface area (Å²) in [4.78, 5) is 4.28. The average molecular weight is 254 g/mol. The summed E-state index contributed by atoms with van der Waals surface area (Å²) in [6, 6.07) is 0. The maximum Gasteiger partial charge on any atom is 0.393 e. The molecule has 0 aliphatic carbocycles. The number of rotatable bonds is 7. The smallest absolute Gasteiger partial charge is 0.393 e. The van der Waals surface area contributed by atoms with E-state index in [0.29, 0.717) is 25.1 Å². The zero-order valence-corrected chi connectivity index (χ0v) is 12.2. The van der Waals surface area contributed by atoms with E-state index >= 15 is 0 Å². The van der Waals surface area contributed by atoms with Crippen molar-refractivity contribution in [3.63, 3.8) is 0 Å². The lowest BCUT2D eigenvalue weighted by atomic mass is 10.1. The predicted molar refractivity (Wildman–Crippen MR) is 72.7 cm³/mol. The molecule has 0 saturated carbocycles. The van der Waals surface area contributed by atoms with E-state index in [0.717, 1.165) is 12.1 Å². The zero-order chi connectivity index (χ0) is 13.6. The van der Waals surface area contributed by atoms with Crippen molar-refractivity contribution >= 4 is 0 Å². The van der Waals surface area contributed by atoms with Crippen LogP contribution in [0.4, 0.5) is 0 Å². The van der Waals surface area contributed by atoms with E-state index < -0.39 is 0 Å². The molecule has 0 aliphatic rings. The van der Waals surface area contributed by atoms with E-state index in [9.17, 15) is 0 Å². The normalized spacial score (nSPS) is 12.1. The second-order valence-corrected chi connectivity index (χ2v) is 6.09. The summed E-state index contributed by atoms with van der Waals surface area (Å²) in [7, 11) is 0. The maximum absolute atomic E-state index is 5.46. The van der Waals surface area contributed by atoms with Crippen LogP contribution < -0.4 is 10.1 Å². The van der Waals surface area contributed by atoms with Crippen molar-refractivity contribution < 1.29 is 9.15 Å². The number of hydrogen-bond donors (Lipinski definition) is 1. The summed E-state index contributed by atoms with van der Waals surface area (Å²) in [5.41, 5.74) is 0.959. The highest BCUT2D eigenvalue weighted by atomic mass is 16.6. The Balaban J connectivity index is 2.26. The van der Waals surface area contributed by atoms with Crippen LogP contribution in [0, 0.1) is 5.92 Å². The molecule has 0 amide bonds. The molecule has 0 aromatic carbocycles. The molecule has 0 spiro atoms. The second-order valence-electron chi connectivity index (χ2n) is 6.09. The molecule has 0 unspecified atom stereocenters. The van der Waals surface area contributed by atoms with E-state index in [1.807, 2.05) is 0 Å². The van der Waals surface area contributed by atoms with Gasteiger partial charge in [0.15, 0.2) is 0 Å². The SMILES string of the molecule is CC(C)CCCOc1nc(CNC(C)(C)C)co1.